The van der Waals surface area contributed by atoms with Gasteiger partial charge in [0.05, 0.1) is 11.9 Å². The average Bonchev–Trinajstić information content (AvgIpc) is 3.43. The summed E-state index contributed by atoms with van der Waals surface area (Å²) < 4.78 is 18.6. The van der Waals surface area contributed by atoms with E-state index in [2.05, 4.69) is 24.6 Å². The highest BCUT2D eigenvalue weighted by Gasteiger charge is 2.27. The summed E-state index contributed by atoms with van der Waals surface area (Å²) in [4.78, 5) is 21.7. The topological polar surface area (TPSA) is 106 Å². The van der Waals surface area contributed by atoms with Crippen LogP contribution in [0.3, 0.4) is 0 Å². The van der Waals surface area contributed by atoms with Crippen LogP contribution in [-0.4, -0.2) is 61.2 Å². The van der Waals surface area contributed by atoms with Gasteiger partial charge in [0.25, 0.3) is 5.91 Å². The zero-order valence-electron chi connectivity index (χ0n) is 15.8. The first-order valence-corrected chi connectivity index (χ1v) is 10.4. The molecule has 4 aromatic rings. The third-order valence-corrected chi connectivity index (χ3v) is 6.26. The number of imidazole rings is 1. The minimum absolute atomic E-state index is 0. The van der Waals surface area contributed by atoms with Crippen molar-refractivity contribution in [2.45, 2.75) is 0 Å². The van der Waals surface area contributed by atoms with Gasteiger partial charge in [-0.25, -0.2) is 13.9 Å². The summed E-state index contributed by atoms with van der Waals surface area (Å²) in [7, 11) is 0. The number of hydrogen-bond donors (Lipinski definition) is 1. The zero-order chi connectivity index (χ0) is 20.0. The van der Waals surface area contributed by atoms with Crippen molar-refractivity contribution in [1.82, 2.24) is 29.1 Å². The maximum Gasteiger partial charge on any atom is 0.277 e. The van der Waals surface area contributed by atoms with Gasteiger partial charge in [0.1, 0.15) is 10.8 Å². The lowest BCUT2D eigenvalue weighted by Gasteiger charge is -2.33. The number of fused-ring (bicyclic) bond motifs is 1. The summed E-state index contributed by atoms with van der Waals surface area (Å²) in [6, 6.07) is 6.22. The maximum absolute atomic E-state index is 13.1. The third-order valence-electron chi connectivity index (χ3n) is 4.73. The van der Waals surface area contributed by atoms with Gasteiger partial charge in [-0.15, -0.1) is 35.0 Å². The molecular weight excluding hydrogens is 486 g/mol. The van der Waals surface area contributed by atoms with Crippen molar-refractivity contribution in [1.29, 1.82) is 0 Å². The molecule has 164 valence electrons. The SMILES string of the molecule is Cl.Cl.Nc1snnc1C(=O)N1CCN(c2nn3cc(-c4ccc(F)cc4)nc3s2)CC1. The second-order valence-corrected chi connectivity index (χ2v) is 8.23. The van der Waals surface area contributed by atoms with Crippen LogP contribution >= 0.6 is 47.7 Å². The second kappa shape index (κ2) is 9.30. The van der Waals surface area contributed by atoms with E-state index < -0.39 is 0 Å². The Hall–Kier alpha value is -2.54. The Kier molecular flexibility index (Phi) is 6.94. The van der Waals surface area contributed by atoms with Gasteiger partial charge >= 0.3 is 0 Å². The van der Waals surface area contributed by atoms with E-state index in [9.17, 15) is 9.18 Å². The van der Waals surface area contributed by atoms with E-state index in [1.165, 1.54) is 23.5 Å². The Morgan fingerprint density at radius 3 is 2.42 bits per heavy atom. The quantitative estimate of drug-likeness (QED) is 0.458. The molecule has 9 nitrogen and oxygen atoms in total. The molecule has 0 atom stereocenters. The molecule has 1 saturated heterocycles. The summed E-state index contributed by atoms with van der Waals surface area (Å²) >= 11 is 2.50. The molecule has 3 aromatic heterocycles. The van der Waals surface area contributed by atoms with E-state index in [4.69, 9.17) is 5.73 Å². The van der Waals surface area contributed by atoms with Crippen molar-refractivity contribution in [3.05, 3.63) is 42.0 Å². The average molecular weight is 503 g/mol. The number of nitrogen functional groups attached to an aromatic ring is 1. The smallest absolute Gasteiger partial charge is 0.277 e. The highest BCUT2D eigenvalue weighted by Crippen LogP contribution is 2.28. The van der Waals surface area contributed by atoms with Gasteiger partial charge in [-0.05, 0) is 24.3 Å². The molecule has 0 spiro atoms. The van der Waals surface area contributed by atoms with Crippen LogP contribution in [0.15, 0.2) is 30.5 Å². The highest BCUT2D eigenvalue weighted by atomic mass is 35.5. The standard InChI is InChI=1S/C17H15FN8OS2.2ClH/c18-11-3-1-10(2-4-11)12-9-26-16(20-12)28-17(22-26)25-7-5-24(6-8-25)15(27)13-14(19)29-23-21-13;;/h1-4,9H,5-8,19H2;2*1H. The predicted octanol–water partition coefficient (Wildman–Crippen LogP) is 2.84. The van der Waals surface area contributed by atoms with Crippen LogP contribution in [0.1, 0.15) is 10.5 Å². The summed E-state index contributed by atoms with van der Waals surface area (Å²) in [5.74, 6) is -0.463. The molecular formula is C17H17Cl2FN8OS2. The molecule has 1 aromatic carbocycles. The van der Waals surface area contributed by atoms with Crippen molar-refractivity contribution >= 4 is 68.7 Å². The lowest BCUT2D eigenvalue weighted by molar-refractivity contribution is 0.0742. The lowest BCUT2D eigenvalue weighted by Crippen LogP contribution is -2.49. The zero-order valence-corrected chi connectivity index (χ0v) is 19.1. The van der Waals surface area contributed by atoms with Crippen LogP contribution in [0.5, 0.6) is 0 Å². The van der Waals surface area contributed by atoms with E-state index in [1.54, 1.807) is 21.5 Å². The van der Waals surface area contributed by atoms with Gasteiger partial charge < -0.3 is 15.5 Å². The predicted molar refractivity (Wildman–Crippen MR) is 123 cm³/mol. The van der Waals surface area contributed by atoms with Gasteiger partial charge in [-0.2, -0.15) is 0 Å². The molecule has 1 fully saturated rings. The number of hydrogen-bond acceptors (Lipinski definition) is 9. The number of carbonyl (C=O) groups is 1. The molecule has 2 N–H and O–H groups in total. The first-order chi connectivity index (χ1) is 14.1. The Labute approximate surface area is 196 Å². The monoisotopic (exact) mass is 502 g/mol. The number of benzene rings is 1. The van der Waals surface area contributed by atoms with Crippen LogP contribution in [0, 0.1) is 5.82 Å². The first-order valence-electron chi connectivity index (χ1n) is 8.83. The number of carbonyl (C=O) groups excluding carboxylic acids is 1. The Bertz CT molecular complexity index is 1160. The number of piperazine rings is 1. The number of rotatable bonds is 3. The van der Waals surface area contributed by atoms with Crippen molar-refractivity contribution in [3.8, 4) is 11.3 Å². The van der Waals surface area contributed by atoms with Crippen LogP contribution in [0.2, 0.25) is 0 Å². The van der Waals surface area contributed by atoms with Crippen molar-refractivity contribution in [2.24, 2.45) is 0 Å². The largest absolute Gasteiger partial charge is 0.387 e. The molecule has 0 saturated carbocycles. The molecule has 0 radical (unpaired) electrons. The van der Waals surface area contributed by atoms with E-state index in [-0.39, 0.29) is 42.2 Å². The molecule has 0 aliphatic carbocycles. The molecule has 4 heterocycles. The molecule has 5 rings (SSSR count). The van der Waals surface area contributed by atoms with Crippen molar-refractivity contribution in [2.75, 3.05) is 36.8 Å². The molecule has 14 heteroatoms. The molecule has 0 unspecified atom stereocenters. The van der Waals surface area contributed by atoms with Gasteiger partial charge in [0.2, 0.25) is 10.1 Å². The number of amides is 1. The van der Waals surface area contributed by atoms with Gasteiger partial charge in [-0.3, -0.25) is 4.79 Å². The summed E-state index contributed by atoms with van der Waals surface area (Å²) in [5.41, 5.74) is 7.58. The first kappa shape index (κ1) is 23.1. The van der Waals surface area contributed by atoms with Crippen LogP contribution in [0.4, 0.5) is 14.5 Å². The molecule has 1 amide bonds. The van der Waals surface area contributed by atoms with E-state index in [1.807, 2.05) is 6.20 Å². The summed E-state index contributed by atoms with van der Waals surface area (Å²) in [6.07, 6.45) is 1.83. The van der Waals surface area contributed by atoms with Crippen LogP contribution < -0.4 is 10.6 Å². The van der Waals surface area contributed by atoms with Crippen LogP contribution in [-0.2, 0) is 0 Å². The van der Waals surface area contributed by atoms with E-state index in [0.29, 0.717) is 31.2 Å². The fourth-order valence-electron chi connectivity index (χ4n) is 3.17. The number of nitrogens with two attached hydrogens (primary N) is 1. The fraction of sp³-hybridized carbons (Fsp3) is 0.235. The third kappa shape index (κ3) is 4.42. The molecule has 1 aliphatic heterocycles. The summed E-state index contributed by atoms with van der Waals surface area (Å²) in [6.45, 7) is 2.42. The number of anilines is 2. The van der Waals surface area contributed by atoms with Gasteiger partial charge in [0.15, 0.2) is 5.69 Å². The normalized spacial score (nSPS) is 13.7. The van der Waals surface area contributed by atoms with Crippen LogP contribution in [0.25, 0.3) is 16.2 Å². The van der Waals surface area contributed by atoms with Crippen molar-refractivity contribution in [3.63, 3.8) is 0 Å². The Morgan fingerprint density at radius 2 is 1.81 bits per heavy atom. The van der Waals surface area contributed by atoms with Gasteiger partial charge in [-0.1, -0.05) is 15.8 Å². The molecule has 1 aliphatic rings. The van der Waals surface area contributed by atoms with Gasteiger partial charge in [0, 0.05) is 43.3 Å². The van der Waals surface area contributed by atoms with Crippen molar-refractivity contribution < 1.29 is 9.18 Å². The maximum atomic E-state index is 13.1. The fourth-order valence-corrected chi connectivity index (χ4v) is 4.53. The second-order valence-electron chi connectivity index (χ2n) is 6.51. The highest BCUT2D eigenvalue weighted by molar-refractivity contribution is 7.20. The summed E-state index contributed by atoms with van der Waals surface area (Å²) in [5, 5.41) is 9.63. The number of aromatic nitrogens is 5. The number of nitrogens with zero attached hydrogens (tertiary/aromatic N) is 7. The van der Waals surface area contributed by atoms with E-state index in [0.717, 1.165) is 32.9 Å². The minimum Gasteiger partial charge on any atom is -0.387 e. The minimum atomic E-state index is -0.276. The Balaban J connectivity index is 0.00000136. The Morgan fingerprint density at radius 1 is 1.10 bits per heavy atom. The van der Waals surface area contributed by atoms with E-state index >= 15 is 0 Å². The molecule has 31 heavy (non-hydrogen) atoms. The number of halogens is 3. The molecule has 0 bridgehead atoms. The lowest BCUT2D eigenvalue weighted by atomic mass is 10.2.